The van der Waals surface area contributed by atoms with Gasteiger partial charge < -0.3 is 5.11 Å². The molecule has 0 aliphatic carbocycles. The summed E-state index contributed by atoms with van der Waals surface area (Å²) in [4.78, 5) is 11.9. The number of aliphatic hydroxyl groups is 1. The maximum absolute atomic E-state index is 12.1. The summed E-state index contributed by atoms with van der Waals surface area (Å²) in [6.45, 7) is 3.19. The number of alkyl halides is 3. The van der Waals surface area contributed by atoms with Crippen molar-refractivity contribution in [2.24, 2.45) is 0 Å². The van der Waals surface area contributed by atoms with E-state index in [2.05, 4.69) is 4.72 Å². The van der Waals surface area contributed by atoms with Crippen LogP contribution in [0.2, 0.25) is 0 Å². The van der Waals surface area contributed by atoms with Gasteiger partial charge in [-0.3, -0.25) is 4.79 Å². The van der Waals surface area contributed by atoms with Crippen molar-refractivity contribution in [3.8, 4) is 0 Å². The second kappa shape index (κ2) is 7.47. The number of Topliss-reactive ketones (excluding diaryl/α,β-unsaturated/α-hetero) is 1. The molecule has 0 spiro atoms. The second-order valence-electron chi connectivity index (χ2n) is 4.88. The molecule has 5 nitrogen and oxygen atoms in total. The van der Waals surface area contributed by atoms with Crippen LogP contribution < -0.4 is 4.72 Å². The number of halogens is 3. The molecule has 1 unspecified atom stereocenters. The molecule has 124 valence electrons. The van der Waals surface area contributed by atoms with Gasteiger partial charge in [0.1, 0.15) is 6.10 Å². The van der Waals surface area contributed by atoms with Crippen LogP contribution in [0.4, 0.5) is 0 Å². The van der Waals surface area contributed by atoms with Gasteiger partial charge in [0.2, 0.25) is 13.8 Å². The molecule has 0 saturated heterocycles. The summed E-state index contributed by atoms with van der Waals surface area (Å²) in [5.41, 5.74) is 0.911. The molecule has 0 heterocycles. The van der Waals surface area contributed by atoms with Crippen molar-refractivity contribution in [2.75, 3.05) is 0 Å². The quantitative estimate of drug-likeness (QED) is 0.733. The molecule has 9 heteroatoms. The minimum atomic E-state index is -3.84. The van der Waals surface area contributed by atoms with Gasteiger partial charge in [0.05, 0.1) is 10.9 Å². The fraction of sp³-hybridized carbons (Fsp3) is 0.462. The molecule has 1 aromatic carbocycles. The molecule has 0 aliphatic rings. The summed E-state index contributed by atoms with van der Waals surface area (Å²) in [5, 5.41) is 9.56. The van der Waals surface area contributed by atoms with E-state index in [1.807, 2.05) is 6.92 Å². The van der Waals surface area contributed by atoms with Crippen LogP contribution in [0.5, 0.6) is 0 Å². The molecule has 2 N–H and O–H groups in total. The van der Waals surface area contributed by atoms with Gasteiger partial charge in [-0.25, -0.2) is 13.1 Å². The van der Waals surface area contributed by atoms with Crippen LogP contribution in [0, 0.1) is 6.92 Å². The number of carbonyl (C=O) groups is 1. The molecule has 0 fully saturated rings. The van der Waals surface area contributed by atoms with E-state index in [0.717, 1.165) is 5.56 Å². The molecule has 2 atom stereocenters. The fourth-order valence-corrected chi connectivity index (χ4v) is 3.03. The number of benzene rings is 1. The van der Waals surface area contributed by atoms with E-state index in [1.165, 1.54) is 19.1 Å². The first-order valence-corrected chi connectivity index (χ1v) is 8.91. The van der Waals surface area contributed by atoms with Gasteiger partial charge in [-0.15, -0.1) is 0 Å². The van der Waals surface area contributed by atoms with Crippen molar-refractivity contribution in [2.45, 2.75) is 41.1 Å². The topological polar surface area (TPSA) is 83.5 Å². The third-order valence-corrected chi connectivity index (χ3v) is 5.23. The molecular weight excluding hydrogens is 373 g/mol. The van der Waals surface area contributed by atoms with Gasteiger partial charge in [0, 0.05) is 6.42 Å². The monoisotopic (exact) mass is 387 g/mol. The largest absolute Gasteiger partial charge is 0.388 e. The zero-order valence-electron chi connectivity index (χ0n) is 11.9. The summed E-state index contributed by atoms with van der Waals surface area (Å²) >= 11 is 16.4. The smallest absolute Gasteiger partial charge is 0.241 e. The van der Waals surface area contributed by atoms with Crippen molar-refractivity contribution < 1.29 is 18.3 Å². The van der Waals surface area contributed by atoms with Crippen molar-refractivity contribution in [3.05, 3.63) is 29.8 Å². The Morgan fingerprint density at radius 3 is 2.23 bits per heavy atom. The van der Waals surface area contributed by atoms with E-state index in [9.17, 15) is 18.3 Å². The minimum Gasteiger partial charge on any atom is -0.388 e. The Kier molecular flexibility index (Phi) is 6.68. The van der Waals surface area contributed by atoms with Gasteiger partial charge in [-0.1, -0.05) is 52.5 Å². The number of sulfonamides is 1. The average molecular weight is 389 g/mol. The van der Waals surface area contributed by atoms with Crippen LogP contribution in [0.15, 0.2) is 29.2 Å². The van der Waals surface area contributed by atoms with Crippen molar-refractivity contribution in [3.63, 3.8) is 0 Å². The van der Waals surface area contributed by atoms with Crippen molar-refractivity contribution >= 4 is 50.6 Å². The number of aryl methyl sites for hydroxylation is 1. The first-order valence-electron chi connectivity index (χ1n) is 6.30. The highest BCUT2D eigenvalue weighted by Gasteiger charge is 2.34. The van der Waals surface area contributed by atoms with Gasteiger partial charge in [0.15, 0.2) is 5.78 Å². The number of aliphatic hydroxyl groups excluding tert-OH is 1. The number of hydrogen-bond acceptors (Lipinski definition) is 4. The summed E-state index contributed by atoms with van der Waals surface area (Å²) in [6, 6.07) is 5.10. The van der Waals surface area contributed by atoms with Gasteiger partial charge >= 0.3 is 0 Å². The number of carbonyl (C=O) groups excluding carboxylic acids is 1. The molecule has 0 amide bonds. The average Bonchev–Trinajstić information content (AvgIpc) is 2.37. The first kappa shape index (κ1) is 19.7. The maximum Gasteiger partial charge on any atom is 0.241 e. The number of rotatable bonds is 6. The van der Waals surface area contributed by atoms with Crippen LogP contribution >= 0.6 is 34.8 Å². The molecule has 0 radical (unpaired) electrons. The van der Waals surface area contributed by atoms with Gasteiger partial charge in [-0.2, -0.15) is 0 Å². The highest BCUT2D eigenvalue weighted by Crippen LogP contribution is 2.32. The van der Waals surface area contributed by atoms with Crippen LogP contribution in [0.1, 0.15) is 18.9 Å². The number of nitrogens with one attached hydrogen (secondary N) is 1. The molecule has 1 aromatic rings. The summed E-state index contributed by atoms with van der Waals surface area (Å²) < 4.78 is 24.5. The van der Waals surface area contributed by atoms with Crippen LogP contribution in [0.25, 0.3) is 0 Å². The molecule has 0 aromatic heterocycles. The Hall–Kier alpha value is -0.370. The number of hydrogen-bond donors (Lipinski definition) is 2. The van der Waals surface area contributed by atoms with Crippen LogP contribution in [-0.4, -0.2) is 35.2 Å². The van der Waals surface area contributed by atoms with E-state index in [1.54, 1.807) is 12.1 Å². The van der Waals surface area contributed by atoms with Crippen LogP contribution in [-0.2, 0) is 14.8 Å². The second-order valence-corrected chi connectivity index (χ2v) is 8.97. The van der Waals surface area contributed by atoms with E-state index < -0.39 is 38.2 Å². The lowest BCUT2D eigenvalue weighted by molar-refractivity contribution is -0.122. The molecule has 1 rings (SSSR count). The third kappa shape index (κ3) is 5.68. The Labute approximate surface area is 144 Å². The zero-order valence-corrected chi connectivity index (χ0v) is 15.0. The lowest BCUT2D eigenvalue weighted by Gasteiger charge is -2.20. The fourth-order valence-electron chi connectivity index (χ4n) is 1.57. The van der Waals surface area contributed by atoms with Crippen molar-refractivity contribution in [1.82, 2.24) is 4.72 Å². The van der Waals surface area contributed by atoms with Gasteiger partial charge in [0.25, 0.3) is 0 Å². The Bertz CT molecular complexity index is 626. The van der Waals surface area contributed by atoms with E-state index in [4.69, 9.17) is 34.8 Å². The first-order chi connectivity index (χ1) is 9.93. The maximum atomic E-state index is 12.1. The van der Waals surface area contributed by atoms with Crippen LogP contribution in [0.3, 0.4) is 0 Å². The summed E-state index contributed by atoms with van der Waals surface area (Å²) in [5.74, 6) is -0.588. The number of ketones is 1. The zero-order chi connectivity index (χ0) is 17.1. The predicted octanol–water partition coefficient (Wildman–Crippen LogP) is 2.35. The normalized spacial score (nSPS) is 15.4. The molecule has 0 bridgehead atoms. The Balaban J connectivity index is 2.76. The third-order valence-electron chi connectivity index (χ3n) is 2.92. The molecule has 0 aliphatic heterocycles. The van der Waals surface area contributed by atoms with E-state index >= 15 is 0 Å². The van der Waals surface area contributed by atoms with E-state index in [0.29, 0.717) is 0 Å². The minimum absolute atomic E-state index is 0.0414. The molecule has 0 saturated carbocycles. The van der Waals surface area contributed by atoms with Gasteiger partial charge in [-0.05, 0) is 26.0 Å². The highest BCUT2D eigenvalue weighted by molar-refractivity contribution is 7.89. The molecular formula is C13H16Cl3NO4S. The summed E-state index contributed by atoms with van der Waals surface area (Å²) in [6.07, 6.45) is -2.00. The highest BCUT2D eigenvalue weighted by atomic mass is 35.6. The lowest BCUT2D eigenvalue weighted by atomic mass is 10.1. The standard InChI is InChI=1S/C13H16Cl3NO4S/c1-8-3-5-10(6-4-8)22(20,21)17-9(2)11(18)7-12(19)13(14,15)16/h3-6,9,12,17,19H,7H2,1-2H3/t9-,12?/m0/s1. The lowest BCUT2D eigenvalue weighted by Crippen LogP contribution is -2.41. The SMILES string of the molecule is Cc1ccc(S(=O)(=O)N[C@@H](C)C(=O)CC(O)C(Cl)(Cl)Cl)cc1. The Morgan fingerprint density at radius 2 is 1.77 bits per heavy atom. The Morgan fingerprint density at radius 1 is 1.27 bits per heavy atom. The van der Waals surface area contributed by atoms with Crippen molar-refractivity contribution in [1.29, 1.82) is 0 Å². The van der Waals surface area contributed by atoms with E-state index in [-0.39, 0.29) is 4.90 Å². The predicted molar refractivity (Wildman–Crippen MR) is 86.9 cm³/mol. The summed E-state index contributed by atoms with van der Waals surface area (Å²) in [7, 11) is -3.84. The molecule has 22 heavy (non-hydrogen) atoms.